The van der Waals surface area contributed by atoms with E-state index in [0.29, 0.717) is 17.5 Å². The van der Waals surface area contributed by atoms with Gasteiger partial charge in [0.1, 0.15) is 0 Å². The fraction of sp³-hybridized carbons (Fsp3) is 0.0635. The van der Waals surface area contributed by atoms with Crippen LogP contribution in [-0.4, -0.2) is 21.0 Å². The van der Waals surface area contributed by atoms with E-state index in [-0.39, 0.29) is 17.9 Å². The van der Waals surface area contributed by atoms with Gasteiger partial charge in [-0.25, -0.2) is 15.0 Å². The van der Waals surface area contributed by atoms with Crippen molar-refractivity contribution in [2.24, 2.45) is 0 Å². The van der Waals surface area contributed by atoms with Gasteiger partial charge in [0.25, 0.3) is 0 Å². The lowest BCUT2D eigenvalue weighted by Crippen LogP contribution is -2.28. The molecule has 0 amide bonds. The van der Waals surface area contributed by atoms with Crippen LogP contribution in [0.15, 0.2) is 237 Å². The zero-order chi connectivity index (χ0) is 45.0. The number of thiophene rings is 1. The van der Waals surface area contributed by atoms with Crippen molar-refractivity contribution in [2.45, 2.75) is 24.3 Å². The molecule has 5 heteroatoms. The number of rotatable bonds is 8. The summed E-state index contributed by atoms with van der Waals surface area (Å²) in [5.74, 6) is 2.39. The molecular weight excluding hydrogens is 845 g/mol. The average molecular weight is 889 g/mol. The van der Waals surface area contributed by atoms with Crippen LogP contribution in [-0.2, 0) is 0 Å². The third-order valence-electron chi connectivity index (χ3n) is 13.8. The van der Waals surface area contributed by atoms with Crippen molar-refractivity contribution in [3.63, 3.8) is 0 Å². The van der Waals surface area contributed by atoms with Crippen molar-refractivity contribution in [1.82, 2.24) is 15.0 Å². The first-order valence-corrected chi connectivity index (χ1v) is 24.2. The summed E-state index contributed by atoms with van der Waals surface area (Å²) < 4.78 is 2.45. The molecular formula is C63H44N4S. The Balaban J connectivity index is 0.882. The second kappa shape index (κ2) is 16.9. The number of anilines is 2. The quantitative estimate of drug-likeness (QED) is 0.152. The molecule has 4 nitrogen and oxygen atoms in total. The zero-order valence-electron chi connectivity index (χ0n) is 37.2. The van der Waals surface area contributed by atoms with Gasteiger partial charge in [0.05, 0.1) is 6.04 Å². The maximum absolute atomic E-state index is 5.35. The Bertz CT molecular complexity index is 3660. The number of hydrogen-bond acceptors (Lipinski definition) is 5. The minimum atomic E-state index is 0.162. The van der Waals surface area contributed by atoms with Gasteiger partial charge >= 0.3 is 0 Å². The second-order valence-electron chi connectivity index (χ2n) is 17.9. The van der Waals surface area contributed by atoms with Crippen molar-refractivity contribution >= 4 is 59.6 Å². The number of allylic oxidation sites excluding steroid dienone is 6. The van der Waals surface area contributed by atoms with Gasteiger partial charge in [-0.1, -0.05) is 200 Å². The van der Waals surface area contributed by atoms with Crippen molar-refractivity contribution in [3.8, 4) is 34.2 Å². The summed E-state index contributed by atoms with van der Waals surface area (Å²) >= 11 is 1.83. The van der Waals surface area contributed by atoms with Gasteiger partial charge in [0, 0.05) is 60.1 Å². The van der Waals surface area contributed by atoms with E-state index in [1.165, 1.54) is 76.1 Å². The number of fused-ring (bicyclic) bond motifs is 6. The van der Waals surface area contributed by atoms with Crippen LogP contribution in [0.5, 0.6) is 0 Å². The molecule has 13 rings (SSSR count). The molecule has 2 aliphatic carbocycles. The third-order valence-corrected chi connectivity index (χ3v) is 14.9. The van der Waals surface area contributed by atoms with E-state index >= 15 is 0 Å². The molecule has 0 radical (unpaired) electrons. The van der Waals surface area contributed by atoms with Gasteiger partial charge in [0.15, 0.2) is 17.5 Å². The minimum Gasteiger partial charge on any atom is -0.333 e. The van der Waals surface area contributed by atoms with Crippen LogP contribution in [0.25, 0.3) is 71.1 Å². The minimum absolute atomic E-state index is 0.162. The summed E-state index contributed by atoms with van der Waals surface area (Å²) in [5.41, 5.74) is 15.5. The SMILES string of the molecule is C1=CC2C(C=C1c1ccc3c(c1)sc1cccc(-c4nc(-c5ccccc5)nc(-c5cccc(C6C=C(c7ccccc7)C=C(c7ccccc7)C6)c5)n4)c13)c1ccccc1N2c1ccccc1. The largest absolute Gasteiger partial charge is 0.333 e. The van der Waals surface area contributed by atoms with Crippen LogP contribution >= 0.6 is 11.3 Å². The molecule has 0 N–H and O–H groups in total. The number of para-hydroxylation sites is 2. The van der Waals surface area contributed by atoms with Gasteiger partial charge in [-0.05, 0) is 87.4 Å². The predicted octanol–water partition coefficient (Wildman–Crippen LogP) is 16.2. The Morgan fingerprint density at radius 2 is 1.15 bits per heavy atom. The fourth-order valence-electron chi connectivity index (χ4n) is 10.6. The van der Waals surface area contributed by atoms with Crippen LogP contribution in [0.1, 0.15) is 46.1 Å². The second-order valence-corrected chi connectivity index (χ2v) is 19.0. The van der Waals surface area contributed by atoms with Crippen LogP contribution in [0.2, 0.25) is 0 Å². The molecule has 0 saturated carbocycles. The molecule has 322 valence electrons. The Hall–Kier alpha value is -8.25. The van der Waals surface area contributed by atoms with E-state index in [1.54, 1.807) is 0 Å². The molecule has 0 fully saturated rings. The summed E-state index contributed by atoms with van der Waals surface area (Å²) in [6.07, 6.45) is 12.9. The highest BCUT2D eigenvalue weighted by atomic mass is 32.1. The smallest absolute Gasteiger partial charge is 0.164 e. The van der Waals surface area contributed by atoms with E-state index in [1.807, 2.05) is 29.5 Å². The van der Waals surface area contributed by atoms with Gasteiger partial charge in [-0.15, -0.1) is 11.3 Å². The van der Waals surface area contributed by atoms with Gasteiger partial charge in [0.2, 0.25) is 0 Å². The molecule has 3 unspecified atom stereocenters. The van der Waals surface area contributed by atoms with Crippen molar-refractivity contribution in [2.75, 3.05) is 4.90 Å². The lowest BCUT2D eigenvalue weighted by molar-refractivity contribution is 0.747. The molecule has 3 heterocycles. The Kier molecular flexibility index (Phi) is 9.94. The van der Waals surface area contributed by atoms with Crippen molar-refractivity contribution in [3.05, 3.63) is 264 Å². The van der Waals surface area contributed by atoms with E-state index in [0.717, 1.165) is 23.1 Å². The van der Waals surface area contributed by atoms with E-state index in [4.69, 9.17) is 15.0 Å². The first-order chi connectivity index (χ1) is 33.7. The van der Waals surface area contributed by atoms with Crippen molar-refractivity contribution in [1.29, 1.82) is 0 Å². The summed E-state index contributed by atoms with van der Waals surface area (Å²) in [6.45, 7) is 0. The molecule has 3 aliphatic rings. The highest BCUT2D eigenvalue weighted by molar-refractivity contribution is 7.26. The van der Waals surface area contributed by atoms with E-state index in [2.05, 4.69) is 223 Å². The van der Waals surface area contributed by atoms with Crippen LogP contribution in [0, 0.1) is 0 Å². The number of benzene rings is 8. The van der Waals surface area contributed by atoms with Gasteiger partial charge in [-0.2, -0.15) is 0 Å². The highest BCUT2D eigenvalue weighted by Crippen LogP contribution is 2.50. The summed E-state index contributed by atoms with van der Waals surface area (Å²) in [6, 6.07) is 74.0. The van der Waals surface area contributed by atoms with Crippen LogP contribution < -0.4 is 4.90 Å². The summed E-state index contributed by atoms with van der Waals surface area (Å²) in [5, 5.41) is 2.37. The lowest BCUT2D eigenvalue weighted by atomic mass is 9.81. The fourth-order valence-corrected chi connectivity index (χ4v) is 11.7. The maximum Gasteiger partial charge on any atom is 0.164 e. The molecule has 3 atom stereocenters. The van der Waals surface area contributed by atoms with E-state index < -0.39 is 0 Å². The molecule has 2 aromatic heterocycles. The van der Waals surface area contributed by atoms with Gasteiger partial charge < -0.3 is 4.90 Å². The standard InChI is InChI=1S/C63H44N4S/c1-5-17-41(18-6-1)48-36-49(42-19-7-2-8-20-42)38-50(37-48)44-23-15-24-47(35-44)62-64-61(43-21-9-3-10-22-43)65-63(66-62)54-28-16-30-58-60(54)53-33-31-46(40-59(53)68-58)45-32-34-57-55(39-45)52-27-13-14-29-56(52)67(57)51-25-11-4-12-26-51/h1-37,39-40,50,55,57H,38H2. The number of nitrogens with zero attached hydrogens (tertiary/aromatic N) is 4. The average Bonchev–Trinajstić information content (AvgIpc) is 3.97. The third kappa shape index (κ3) is 7.20. The molecule has 8 aromatic carbocycles. The van der Waals surface area contributed by atoms with E-state index in [9.17, 15) is 0 Å². The first-order valence-electron chi connectivity index (χ1n) is 23.4. The topological polar surface area (TPSA) is 41.9 Å². The van der Waals surface area contributed by atoms with Crippen LogP contribution in [0.4, 0.5) is 11.4 Å². The summed E-state index contributed by atoms with van der Waals surface area (Å²) in [7, 11) is 0. The molecule has 1 aliphatic heterocycles. The van der Waals surface area contributed by atoms with Crippen LogP contribution in [0.3, 0.4) is 0 Å². The first kappa shape index (κ1) is 40.1. The molecule has 0 bridgehead atoms. The zero-order valence-corrected chi connectivity index (χ0v) is 38.0. The molecule has 0 spiro atoms. The Morgan fingerprint density at radius 1 is 0.485 bits per heavy atom. The highest BCUT2D eigenvalue weighted by Gasteiger charge is 2.38. The Labute approximate surface area is 400 Å². The maximum atomic E-state index is 5.35. The van der Waals surface area contributed by atoms with Crippen molar-refractivity contribution < 1.29 is 0 Å². The molecule has 10 aromatic rings. The lowest BCUT2D eigenvalue weighted by Gasteiger charge is -2.29. The monoisotopic (exact) mass is 888 g/mol. The molecule has 0 saturated heterocycles. The summed E-state index contributed by atoms with van der Waals surface area (Å²) in [4.78, 5) is 18.3. The normalized spacial score (nSPS) is 17.4. The predicted molar refractivity (Wildman–Crippen MR) is 284 cm³/mol. The number of aromatic nitrogens is 3. The van der Waals surface area contributed by atoms with Gasteiger partial charge in [-0.3, -0.25) is 0 Å². The Morgan fingerprint density at radius 3 is 1.94 bits per heavy atom. The number of hydrogen-bond donors (Lipinski definition) is 0. The molecule has 68 heavy (non-hydrogen) atoms.